The Morgan fingerprint density at radius 3 is 2.09 bits per heavy atom. The van der Waals surface area contributed by atoms with Crippen molar-refractivity contribution < 1.29 is 32.4 Å². The van der Waals surface area contributed by atoms with E-state index in [1.807, 2.05) is 58.0 Å². The van der Waals surface area contributed by atoms with Gasteiger partial charge in [-0.3, -0.25) is 4.79 Å². The molecular formula is C25H31BF3NO4. The maximum Gasteiger partial charge on any atom is 0.495 e. The van der Waals surface area contributed by atoms with Crippen molar-refractivity contribution in [1.82, 2.24) is 5.32 Å². The highest BCUT2D eigenvalue weighted by atomic mass is 19.4. The van der Waals surface area contributed by atoms with Crippen molar-refractivity contribution in [2.75, 3.05) is 0 Å². The molecule has 1 saturated carbocycles. The SMILES string of the molecule is CC1(C)OB(c2ccc(C(F)(F)F)cc2CNCc2ccccc2)OC1(C)C.O=C(O)C1CC1. The molecule has 0 aromatic heterocycles. The van der Waals surface area contributed by atoms with Crippen LogP contribution in [0.4, 0.5) is 13.2 Å². The third kappa shape index (κ3) is 6.61. The number of hydrogen-bond acceptors (Lipinski definition) is 4. The van der Waals surface area contributed by atoms with Crippen LogP contribution in [0.1, 0.15) is 57.2 Å². The van der Waals surface area contributed by atoms with Crippen LogP contribution < -0.4 is 10.8 Å². The Balaban J connectivity index is 0.000000469. The van der Waals surface area contributed by atoms with E-state index in [0.717, 1.165) is 24.5 Å². The van der Waals surface area contributed by atoms with Gasteiger partial charge in [0.2, 0.25) is 0 Å². The predicted octanol–water partition coefficient (Wildman–Crippen LogP) is 4.78. The molecule has 5 nitrogen and oxygen atoms in total. The number of nitrogens with one attached hydrogen (secondary N) is 1. The van der Waals surface area contributed by atoms with Gasteiger partial charge < -0.3 is 19.7 Å². The Bertz CT molecular complexity index is 975. The molecule has 0 atom stereocenters. The fourth-order valence-corrected chi connectivity index (χ4v) is 3.40. The van der Waals surface area contributed by atoms with Gasteiger partial charge in [-0.05, 0) is 63.2 Å². The van der Waals surface area contributed by atoms with Crippen LogP contribution in [0, 0.1) is 5.92 Å². The van der Waals surface area contributed by atoms with Gasteiger partial charge in [0.15, 0.2) is 0 Å². The summed E-state index contributed by atoms with van der Waals surface area (Å²) in [7, 11) is -0.708. The zero-order valence-electron chi connectivity index (χ0n) is 19.9. The minimum atomic E-state index is -4.40. The molecule has 0 unspecified atom stereocenters. The van der Waals surface area contributed by atoms with E-state index >= 15 is 0 Å². The van der Waals surface area contributed by atoms with Crippen LogP contribution >= 0.6 is 0 Å². The van der Waals surface area contributed by atoms with E-state index in [-0.39, 0.29) is 12.5 Å². The normalized spacial score (nSPS) is 18.9. The summed E-state index contributed by atoms with van der Waals surface area (Å²) < 4.78 is 51.8. The number of halogens is 3. The molecule has 1 heterocycles. The summed E-state index contributed by atoms with van der Waals surface area (Å²) in [6.07, 6.45) is -2.60. The summed E-state index contributed by atoms with van der Waals surface area (Å²) in [6.45, 7) is 8.52. The van der Waals surface area contributed by atoms with Gasteiger partial charge in [-0.15, -0.1) is 0 Å². The summed E-state index contributed by atoms with van der Waals surface area (Å²) in [5, 5.41) is 11.3. The molecule has 2 N–H and O–H groups in total. The zero-order valence-corrected chi connectivity index (χ0v) is 19.9. The van der Waals surface area contributed by atoms with Gasteiger partial charge in [-0.1, -0.05) is 42.5 Å². The van der Waals surface area contributed by atoms with Crippen LogP contribution in [0.3, 0.4) is 0 Å². The summed E-state index contributed by atoms with van der Waals surface area (Å²) >= 11 is 0. The van der Waals surface area contributed by atoms with E-state index in [2.05, 4.69) is 5.32 Å². The highest BCUT2D eigenvalue weighted by molar-refractivity contribution is 6.62. The molecule has 2 fully saturated rings. The number of carboxylic acid groups (broad SMARTS) is 1. The van der Waals surface area contributed by atoms with Gasteiger partial charge in [0.1, 0.15) is 0 Å². The monoisotopic (exact) mass is 477 g/mol. The van der Waals surface area contributed by atoms with Crippen LogP contribution in [0.15, 0.2) is 48.5 Å². The average Bonchev–Trinajstić information content (AvgIpc) is 3.56. The lowest BCUT2D eigenvalue weighted by Gasteiger charge is -2.32. The van der Waals surface area contributed by atoms with Gasteiger partial charge in [-0.2, -0.15) is 13.2 Å². The van der Waals surface area contributed by atoms with Crippen molar-refractivity contribution in [3.05, 3.63) is 65.2 Å². The smallest absolute Gasteiger partial charge is 0.481 e. The Kier molecular flexibility index (Phi) is 7.80. The Hall–Kier alpha value is -2.36. The number of aliphatic carboxylic acids is 1. The number of benzene rings is 2. The highest BCUT2D eigenvalue weighted by Crippen LogP contribution is 2.37. The lowest BCUT2D eigenvalue weighted by Crippen LogP contribution is -2.41. The van der Waals surface area contributed by atoms with Crippen LogP contribution in [-0.4, -0.2) is 29.4 Å². The van der Waals surface area contributed by atoms with Gasteiger partial charge in [0, 0.05) is 13.1 Å². The van der Waals surface area contributed by atoms with Gasteiger partial charge in [0.05, 0.1) is 22.7 Å². The van der Waals surface area contributed by atoms with Crippen LogP contribution in [-0.2, 0) is 33.4 Å². The Morgan fingerprint density at radius 1 is 1.03 bits per heavy atom. The average molecular weight is 477 g/mol. The lowest BCUT2D eigenvalue weighted by atomic mass is 9.75. The first-order chi connectivity index (χ1) is 15.8. The largest absolute Gasteiger partial charge is 0.495 e. The molecule has 0 radical (unpaired) electrons. The molecule has 2 aromatic carbocycles. The number of carbonyl (C=O) groups is 1. The van der Waals surface area contributed by atoms with Crippen molar-refractivity contribution in [2.45, 2.75) is 71.0 Å². The van der Waals surface area contributed by atoms with E-state index in [0.29, 0.717) is 17.6 Å². The quantitative estimate of drug-likeness (QED) is 0.587. The molecule has 1 aliphatic carbocycles. The van der Waals surface area contributed by atoms with E-state index in [1.54, 1.807) is 0 Å². The molecule has 4 rings (SSSR count). The van der Waals surface area contributed by atoms with Crippen molar-refractivity contribution in [3.63, 3.8) is 0 Å². The Labute approximate surface area is 198 Å². The molecule has 1 aliphatic heterocycles. The van der Waals surface area contributed by atoms with Crippen LogP contribution in [0.5, 0.6) is 0 Å². The van der Waals surface area contributed by atoms with E-state index in [9.17, 15) is 18.0 Å². The molecule has 0 bridgehead atoms. The number of carboxylic acids is 1. The fraction of sp³-hybridized carbons (Fsp3) is 0.480. The molecule has 0 amide bonds. The van der Waals surface area contributed by atoms with E-state index < -0.39 is 36.0 Å². The van der Waals surface area contributed by atoms with E-state index in [4.69, 9.17) is 14.4 Å². The number of rotatable bonds is 6. The topological polar surface area (TPSA) is 67.8 Å². The second-order valence-electron chi connectivity index (χ2n) is 9.70. The first-order valence-corrected chi connectivity index (χ1v) is 11.3. The molecule has 9 heteroatoms. The summed E-state index contributed by atoms with van der Waals surface area (Å²) in [5.41, 5.74) is 0.400. The minimum absolute atomic E-state index is 0.0185. The molecule has 2 aromatic rings. The molecule has 0 spiro atoms. The first-order valence-electron chi connectivity index (χ1n) is 11.3. The molecule has 1 saturated heterocycles. The third-order valence-electron chi connectivity index (χ3n) is 6.39. The predicted molar refractivity (Wildman–Crippen MR) is 125 cm³/mol. The minimum Gasteiger partial charge on any atom is -0.481 e. The van der Waals surface area contributed by atoms with Crippen LogP contribution in [0.2, 0.25) is 0 Å². The summed E-state index contributed by atoms with van der Waals surface area (Å²) in [4.78, 5) is 9.76. The van der Waals surface area contributed by atoms with Crippen molar-refractivity contribution >= 4 is 18.6 Å². The van der Waals surface area contributed by atoms with Crippen molar-refractivity contribution in [3.8, 4) is 0 Å². The number of hydrogen-bond donors (Lipinski definition) is 2. The first kappa shape index (κ1) is 26.3. The molecule has 184 valence electrons. The lowest BCUT2D eigenvalue weighted by molar-refractivity contribution is -0.139. The second kappa shape index (κ2) is 10.1. The molecular weight excluding hydrogens is 446 g/mol. The molecule has 34 heavy (non-hydrogen) atoms. The van der Waals surface area contributed by atoms with Gasteiger partial charge >= 0.3 is 19.3 Å². The van der Waals surface area contributed by atoms with Gasteiger partial charge in [-0.25, -0.2) is 0 Å². The maximum atomic E-state index is 13.2. The van der Waals surface area contributed by atoms with Crippen molar-refractivity contribution in [1.29, 1.82) is 0 Å². The van der Waals surface area contributed by atoms with Crippen LogP contribution in [0.25, 0.3) is 0 Å². The van der Waals surface area contributed by atoms with E-state index in [1.165, 1.54) is 12.1 Å². The fourth-order valence-electron chi connectivity index (χ4n) is 3.40. The summed E-state index contributed by atoms with van der Waals surface area (Å²) in [6, 6.07) is 13.4. The second-order valence-corrected chi connectivity index (χ2v) is 9.70. The molecule has 2 aliphatic rings. The highest BCUT2D eigenvalue weighted by Gasteiger charge is 2.52. The van der Waals surface area contributed by atoms with Gasteiger partial charge in [0.25, 0.3) is 0 Å². The Morgan fingerprint density at radius 2 is 1.62 bits per heavy atom. The number of alkyl halides is 3. The third-order valence-corrected chi connectivity index (χ3v) is 6.39. The zero-order chi connectivity index (χ0) is 25.1. The standard InChI is InChI=1S/C21H25BF3NO2.C4H6O2/c1-19(2)20(3,4)28-22(27-19)18-11-10-17(21(23,24)25)12-16(18)14-26-13-15-8-6-5-7-9-15;5-4(6)3-1-2-3/h5-12,26H,13-14H2,1-4H3;3H,1-2H2,(H,5,6). The summed E-state index contributed by atoms with van der Waals surface area (Å²) in [5.74, 6) is -0.611. The van der Waals surface area contributed by atoms with Crippen molar-refractivity contribution in [2.24, 2.45) is 5.92 Å². The maximum absolute atomic E-state index is 13.2.